The van der Waals surface area contributed by atoms with E-state index in [1.807, 2.05) is 26.8 Å². The van der Waals surface area contributed by atoms with Crippen LogP contribution >= 0.6 is 0 Å². The normalized spacial score (nSPS) is 15.7. The van der Waals surface area contributed by atoms with Gasteiger partial charge in [0, 0.05) is 0 Å². The molecule has 2 atom stereocenters. The molecule has 0 heterocycles. The summed E-state index contributed by atoms with van der Waals surface area (Å²) in [6.07, 6.45) is 3.94. The monoisotopic (exact) mass is 228 g/mol. The molecule has 3 heteroatoms. The van der Waals surface area contributed by atoms with E-state index in [1.54, 1.807) is 6.92 Å². The number of allylic oxidation sites excluding steroid dienone is 1. The standard InChI is InChI=1S/C13H24O3/c1-5-7-9-16-13(15)11(4)12(14)10(3)8-6-2/h8,11-12,14H,5-7,9H2,1-4H3/b10-8+/t11?,12-/m0/s1. The molecule has 94 valence electrons. The van der Waals surface area contributed by atoms with E-state index in [1.165, 1.54) is 0 Å². The molecule has 0 saturated heterocycles. The van der Waals surface area contributed by atoms with Gasteiger partial charge in [0.05, 0.1) is 18.6 Å². The van der Waals surface area contributed by atoms with Crippen LogP contribution in [-0.2, 0) is 9.53 Å². The largest absolute Gasteiger partial charge is 0.465 e. The fraction of sp³-hybridized carbons (Fsp3) is 0.769. The number of rotatable bonds is 7. The highest BCUT2D eigenvalue weighted by Crippen LogP contribution is 2.14. The van der Waals surface area contributed by atoms with Gasteiger partial charge in [-0.25, -0.2) is 0 Å². The number of unbranched alkanes of at least 4 members (excludes halogenated alkanes) is 1. The van der Waals surface area contributed by atoms with E-state index < -0.39 is 12.0 Å². The highest BCUT2D eigenvalue weighted by molar-refractivity contribution is 5.73. The van der Waals surface area contributed by atoms with E-state index >= 15 is 0 Å². The predicted octanol–water partition coefficient (Wildman–Crippen LogP) is 2.68. The van der Waals surface area contributed by atoms with Gasteiger partial charge >= 0.3 is 5.97 Å². The van der Waals surface area contributed by atoms with Gasteiger partial charge in [0.1, 0.15) is 0 Å². The molecule has 0 aliphatic rings. The summed E-state index contributed by atoms with van der Waals surface area (Å²) >= 11 is 0. The van der Waals surface area contributed by atoms with Crippen molar-refractivity contribution in [3.05, 3.63) is 11.6 Å². The fourth-order valence-corrected chi connectivity index (χ4v) is 1.41. The van der Waals surface area contributed by atoms with Crippen molar-refractivity contribution in [2.45, 2.75) is 53.1 Å². The van der Waals surface area contributed by atoms with Crippen molar-refractivity contribution in [2.75, 3.05) is 6.61 Å². The van der Waals surface area contributed by atoms with E-state index in [0.717, 1.165) is 24.8 Å². The lowest BCUT2D eigenvalue weighted by atomic mass is 9.98. The summed E-state index contributed by atoms with van der Waals surface area (Å²) in [6, 6.07) is 0. The highest BCUT2D eigenvalue weighted by Gasteiger charge is 2.24. The Morgan fingerprint density at radius 2 is 2.06 bits per heavy atom. The number of hydrogen-bond acceptors (Lipinski definition) is 3. The first-order chi connectivity index (χ1) is 7.54. The first-order valence-electron chi connectivity index (χ1n) is 6.05. The molecule has 16 heavy (non-hydrogen) atoms. The molecule has 3 nitrogen and oxygen atoms in total. The second-order valence-corrected chi connectivity index (χ2v) is 4.11. The molecular formula is C13H24O3. The summed E-state index contributed by atoms with van der Waals surface area (Å²) < 4.78 is 5.07. The van der Waals surface area contributed by atoms with Gasteiger partial charge in [-0.1, -0.05) is 26.3 Å². The molecule has 0 aliphatic heterocycles. The van der Waals surface area contributed by atoms with Crippen LogP contribution < -0.4 is 0 Å². The summed E-state index contributed by atoms with van der Waals surface area (Å²) in [6.45, 7) is 8.03. The maximum absolute atomic E-state index is 11.6. The van der Waals surface area contributed by atoms with E-state index in [2.05, 4.69) is 0 Å². The lowest BCUT2D eigenvalue weighted by Gasteiger charge is -2.18. The average Bonchev–Trinajstić information content (AvgIpc) is 2.27. The summed E-state index contributed by atoms with van der Waals surface area (Å²) in [7, 11) is 0. The van der Waals surface area contributed by atoms with Crippen LogP contribution in [0.1, 0.15) is 47.0 Å². The Balaban J connectivity index is 4.16. The Hall–Kier alpha value is -0.830. The van der Waals surface area contributed by atoms with Gasteiger partial charge in [-0.2, -0.15) is 0 Å². The number of ether oxygens (including phenoxy) is 1. The lowest BCUT2D eigenvalue weighted by Crippen LogP contribution is -2.28. The van der Waals surface area contributed by atoms with Gasteiger partial charge < -0.3 is 9.84 Å². The van der Waals surface area contributed by atoms with E-state index in [4.69, 9.17) is 4.74 Å². The Bertz CT molecular complexity index is 233. The molecule has 0 aromatic rings. The van der Waals surface area contributed by atoms with Crippen LogP contribution in [0, 0.1) is 5.92 Å². The van der Waals surface area contributed by atoms with Crippen LogP contribution in [0.25, 0.3) is 0 Å². The molecule has 1 unspecified atom stereocenters. The molecule has 0 fully saturated rings. The summed E-state index contributed by atoms with van der Waals surface area (Å²) in [5, 5.41) is 9.88. The Labute approximate surface area is 98.5 Å². The smallest absolute Gasteiger partial charge is 0.311 e. The SMILES string of the molecule is CC/C=C(\C)[C@H](O)C(C)C(=O)OCCCC. The van der Waals surface area contributed by atoms with Gasteiger partial charge in [-0.05, 0) is 32.3 Å². The topological polar surface area (TPSA) is 46.5 Å². The number of carbonyl (C=O) groups is 1. The zero-order chi connectivity index (χ0) is 12.6. The van der Waals surface area contributed by atoms with Crippen LogP contribution in [0.15, 0.2) is 11.6 Å². The second-order valence-electron chi connectivity index (χ2n) is 4.11. The van der Waals surface area contributed by atoms with Crippen molar-refractivity contribution < 1.29 is 14.6 Å². The molecule has 0 rings (SSSR count). The summed E-state index contributed by atoms with van der Waals surface area (Å²) in [4.78, 5) is 11.6. The second kappa shape index (κ2) is 8.34. The Kier molecular flexibility index (Phi) is 7.90. The van der Waals surface area contributed by atoms with Crippen molar-refractivity contribution in [3.63, 3.8) is 0 Å². The van der Waals surface area contributed by atoms with Crippen molar-refractivity contribution in [1.29, 1.82) is 0 Å². The zero-order valence-corrected chi connectivity index (χ0v) is 10.8. The summed E-state index contributed by atoms with van der Waals surface area (Å²) in [5.41, 5.74) is 0.836. The fourth-order valence-electron chi connectivity index (χ4n) is 1.41. The number of aliphatic hydroxyl groups is 1. The third-order valence-corrected chi connectivity index (χ3v) is 2.58. The van der Waals surface area contributed by atoms with E-state index in [0.29, 0.717) is 6.61 Å². The number of carbonyl (C=O) groups excluding carboxylic acids is 1. The number of esters is 1. The van der Waals surface area contributed by atoms with Crippen LogP contribution in [0.5, 0.6) is 0 Å². The maximum atomic E-state index is 11.6. The average molecular weight is 228 g/mol. The van der Waals surface area contributed by atoms with Crippen LogP contribution in [0.2, 0.25) is 0 Å². The van der Waals surface area contributed by atoms with E-state index in [9.17, 15) is 9.90 Å². The Morgan fingerprint density at radius 3 is 2.56 bits per heavy atom. The first kappa shape index (κ1) is 15.2. The van der Waals surface area contributed by atoms with Gasteiger partial charge in [-0.15, -0.1) is 0 Å². The van der Waals surface area contributed by atoms with Crippen LogP contribution in [0.4, 0.5) is 0 Å². The third kappa shape index (κ3) is 5.31. The Morgan fingerprint density at radius 1 is 1.44 bits per heavy atom. The quantitative estimate of drug-likeness (QED) is 0.414. The predicted molar refractivity (Wildman–Crippen MR) is 65.1 cm³/mol. The van der Waals surface area contributed by atoms with Crippen LogP contribution in [-0.4, -0.2) is 23.8 Å². The van der Waals surface area contributed by atoms with Crippen molar-refractivity contribution in [3.8, 4) is 0 Å². The molecule has 0 spiro atoms. The minimum atomic E-state index is -0.728. The molecule has 0 radical (unpaired) electrons. The minimum Gasteiger partial charge on any atom is -0.465 e. The minimum absolute atomic E-state index is 0.315. The maximum Gasteiger partial charge on any atom is 0.311 e. The number of hydrogen-bond donors (Lipinski definition) is 1. The molecule has 0 bridgehead atoms. The van der Waals surface area contributed by atoms with Crippen LogP contribution in [0.3, 0.4) is 0 Å². The van der Waals surface area contributed by atoms with Crippen molar-refractivity contribution in [1.82, 2.24) is 0 Å². The molecule has 0 aromatic heterocycles. The van der Waals surface area contributed by atoms with Gasteiger partial charge in [0.15, 0.2) is 0 Å². The molecule has 0 aromatic carbocycles. The van der Waals surface area contributed by atoms with Gasteiger partial charge in [0.25, 0.3) is 0 Å². The zero-order valence-electron chi connectivity index (χ0n) is 10.8. The number of aliphatic hydroxyl groups excluding tert-OH is 1. The molecule has 1 N–H and O–H groups in total. The van der Waals surface area contributed by atoms with E-state index in [-0.39, 0.29) is 5.97 Å². The molecule has 0 aliphatic carbocycles. The highest BCUT2D eigenvalue weighted by atomic mass is 16.5. The third-order valence-electron chi connectivity index (χ3n) is 2.58. The lowest BCUT2D eigenvalue weighted by molar-refractivity contribution is -0.151. The molecular weight excluding hydrogens is 204 g/mol. The summed E-state index contributed by atoms with van der Waals surface area (Å²) in [5.74, 6) is -0.801. The molecule has 0 saturated carbocycles. The van der Waals surface area contributed by atoms with Gasteiger partial charge in [-0.3, -0.25) is 4.79 Å². The molecule has 0 amide bonds. The van der Waals surface area contributed by atoms with Gasteiger partial charge in [0.2, 0.25) is 0 Å². The van der Waals surface area contributed by atoms with Crippen molar-refractivity contribution >= 4 is 5.97 Å². The first-order valence-corrected chi connectivity index (χ1v) is 6.05. The van der Waals surface area contributed by atoms with Crippen molar-refractivity contribution in [2.24, 2.45) is 5.92 Å².